The molecule has 6 N–H and O–H groups in total. The zero-order chi connectivity index (χ0) is 18.9. The molecule has 1 rings (SSSR count). The van der Waals surface area contributed by atoms with Gasteiger partial charge < -0.3 is 22.1 Å². The van der Waals surface area contributed by atoms with Crippen molar-refractivity contribution in [2.24, 2.45) is 11.5 Å². The van der Waals surface area contributed by atoms with Crippen LogP contribution in [0.15, 0.2) is 0 Å². The van der Waals surface area contributed by atoms with Crippen molar-refractivity contribution < 1.29 is 0 Å². The summed E-state index contributed by atoms with van der Waals surface area (Å²) in [6.07, 6.45) is 12.6. The van der Waals surface area contributed by atoms with Crippen molar-refractivity contribution in [3.8, 4) is 0 Å². The van der Waals surface area contributed by atoms with Crippen molar-refractivity contribution >= 4 is 11.9 Å². The lowest BCUT2D eigenvalue weighted by atomic mass is 10.1. The largest absolute Gasteiger partial charge is 0.354 e. The van der Waals surface area contributed by atoms with Gasteiger partial charge in [-0.25, -0.2) is 0 Å². The van der Waals surface area contributed by atoms with Crippen LogP contribution in [0.5, 0.6) is 0 Å². The molecule has 0 amide bonds. The summed E-state index contributed by atoms with van der Waals surface area (Å²) in [6.45, 7) is 5.36. The van der Waals surface area contributed by atoms with Crippen molar-refractivity contribution in [3.05, 3.63) is 5.82 Å². The zero-order valence-electron chi connectivity index (χ0n) is 16.6. The molecule has 0 unspecified atom stereocenters. The van der Waals surface area contributed by atoms with Crippen molar-refractivity contribution in [1.82, 2.24) is 15.0 Å². The lowest BCUT2D eigenvalue weighted by molar-refractivity contribution is 0.600. The summed E-state index contributed by atoms with van der Waals surface area (Å²) < 4.78 is 0. The van der Waals surface area contributed by atoms with Crippen LogP contribution in [0.4, 0.5) is 11.9 Å². The Morgan fingerprint density at radius 3 is 1.73 bits per heavy atom. The van der Waals surface area contributed by atoms with Crippen LogP contribution in [0.1, 0.15) is 77.0 Å². The summed E-state index contributed by atoms with van der Waals surface area (Å²) >= 11 is 0. The third-order valence-corrected chi connectivity index (χ3v) is 4.26. The van der Waals surface area contributed by atoms with Gasteiger partial charge in [-0.3, -0.25) is 0 Å². The lowest BCUT2D eigenvalue weighted by Gasteiger charge is -2.10. The monoisotopic (exact) mass is 365 g/mol. The van der Waals surface area contributed by atoms with Crippen molar-refractivity contribution in [3.63, 3.8) is 0 Å². The van der Waals surface area contributed by atoms with Gasteiger partial charge in [0.15, 0.2) is 0 Å². The molecule has 7 heteroatoms. The highest BCUT2D eigenvalue weighted by Crippen LogP contribution is 2.11. The fourth-order valence-electron chi connectivity index (χ4n) is 2.69. The van der Waals surface area contributed by atoms with E-state index in [4.69, 9.17) is 11.5 Å². The molecule has 0 atom stereocenters. The molecule has 0 spiro atoms. The fraction of sp³-hybridized carbons (Fsp3) is 0.842. The Bertz CT molecular complexity index is 423. The van der Waals surface area contributed by atoms with Gasteiger partial charge in [-0.15, -0.1) is 0 Å². The number of nitrogens with two attached hydrogens (primary N) is 2. The van der Waals surface area contributed by atoms with Gasteiger partial charge in [-0.1, -0.05) is 39.0 Å². The highest BCUT2D eigenvalue weighted by atomic mass is 15.2. The van der Waals surface area contributed by atoms with Crippen LogP contribution in [0.25, 0.3) is 0 Å². The van der Waals surface area contributed by atoms with E-state index in [0.717, 1.165) is 70.5 Å². The van der Waals surface area contributed by atoms with E-state index in [1.807, 2.05) is 0 Å². The molecular weight excluding hydrogens is 326 g/mol. The van der Waals surface area contributed by atoms with Gasteiger partial charge in [0, 0.05) is 19.5 Å². The average molecular weight is 366 g/mol. The minimum atomic E-state index is 0.666. The molecule has 0 fully saturated rings. The molecule has 0 aliphatic heterocycles. The normalized spacial score (nSPS) is 10.9. The maximum absolute atomic E-state index is 5.55. The molecule has 7 nitrogen and oxygen atoms in total. The summed E-state index contributed by atoms with van der Waals surface area (Å²) in [5.41, 5.74) is 11.1. The van der Waals surface area contributed by atoms with Crippen molar-refractivity contribution in [2.75, 3.05) is 36.8 Å². The number of nitrogens with one attached hydrogen (secondary N) is 2. The first-order valence-electron chi connectivity index (χ1n) is 10.4. The number of hydrogen-bond acceptors (Lipinski definition) is 7. The van der Waals surface area contributed by atoms with Crippen LogP contribution in [0.2, 0.25) is 0 Å². The molecule has 0 aliphatic rings. The van der Waals surface area contributed by atoms with Crippen LogP contribution >= 0.6 is 0 Å². The number of hydrogen-bond donors (Lipinski definition) is 4. The summed E-state index contributed by atoms with van der Waals surface area (Å²) in [5.74, 6) is 2.21. The van der Waals surface area contributed by atoms with E-state index in [9.17, 15) is 0 Å². The van der Waals surface area contributed by atoms with Crippen LogP contribution in [-0.4, -0.2) is 41.1 Å². The first-order chi connectivity index (χ1) is 12.8. The van der Waals surface area contributed by atoms with E-state index >= 15 is 0 Å². The van der Waals surface area contributed by atoms with E-state index in [-0.39, 0.29) is 0 Å². The minimum absolute atomic E-state index is 0.666. The molecule has 26 heavy (non-hydrogen) atoms. The maximum atomic E-state index is 5.55. The first kappa shape index (κ1) is 22.6. The maximum Gasteiger partial charge on any atom is 0.227 e. The predicted octanol–water partition coefficient (Wildman–Crippen LogP) is 3.08. The molecule has 0 radical (unpaired) electrons. The fourth-order valence-corrected chi connectivity index (χ4v) is 2.69. The van der Waals surface area contributed by atoms with Crippen molar-refractivity contribution in [1.29, 1.82) is 0 Å². The van der Waals surface area contributed by atoms with Crippen LogP contribution in [0.3, 0.4) is 0 Å². The van der Waals surface area contributed by atoms with Gasteiger partial charge in [-0.05, 0) is 45.2 Å². The van der Waals surface area contributed by atoms with Crippen LogP contribution in [0, 0.1) is 0 Å². The Morgan fingerprint density at radius 2 is 1.19 bits per heavy atom. The molecule has 0 aromatic carbocycles. The van der Waals surface area contributed by atoms with E-state index in [1.165, 1.54) is 32.1 Å². The van der Waals surface area contributed by atoms with Crippen LogP contribution in [-0.2, 0) is 6.42 Å². The number of rotatable bonds is 17. The van der Waals surface area contributed by atoms with Crippen molar-refractivity contribution in [2.45, 2.75) is 77.6 Å². The SMILES string of the molecule is CCCCCCCCc1nc(NCCCCN)nc(NCCCCN)n1. The summed E-state index contributed by atoms with van der Waals surface area (Å²) in [7, 11) is 0. The van der Waals surface area contributed by atoms with Gasteiger partial charge >= 0.3 is 0 Å². The van der Waals surface area contributed by atoms with Gasteiger partial charge in [0.25, 0.3) is 0 Å². The highest BCUT2D eigenvalue weighted by Gasteiger charge is 2.06. The molecule has 0 saturated carbocycles. The van der Waals surface area contributed by atoms with Gasteiger partial charge in [0.1, 0.15) is 5.82 Å². The zero-order valence-corrected chi connectivity index (χ0v) is 16.6. The standard InChI is InChI=1S/C19H39N7/c1-2-3-4-5-6-7-12-17-24-18(22-15-10-8-13-20)26-19(25-17)23-16-11-9-14-21/h2-16,20-21H2,1H3,(H2,22,23,24,25,26). The lowest BCUT2D eigenvalue weighted by Crippen LogP contribution is -2.14. The van der Waals surface area contributed by atoms with E-state index in [2.05, 4.69) is 32.5 Å². The third-order valence-electron chi connectivity index (χ3n) is 4.26. The number of aromatic nitrogens is 3. The third kappa shape index (κ3) is 11.2. The first-order valence-corrected chi connectivity index (χ1v) is 10.4. The highest BCUT2D eigenvalue weighted by molar-refractivity contribution is 5.34. The summed E-state index contributed by atoms with van der Waals surface area (Å²) in [6, 6.07) is 0. The van der Waals surface area contributed by atoms with E-state index in [0.29, 0.717) is 11.9 Å². The Labute approximate surface area is 159 Å². The molecular formula is C19H39N7. The number of aryl methyl sites for hydroxylation is 1. The average Bonchev–Trinajstić information content (AvgIpc) is 2.65. The van der Waals surface area contributed by atoms with Crippen LogP contribution < -0.4 is 22.1 Å². The molecule has 1 aromatic rings. The van der Waals surface area contributed by atoms with E-state index in [1.54, 1.807) is 0 Å². The van der Waals surface area contributed by atoms with Gasteiger partial charge in [0.05, 0.1) is 0 Å². The number of nitrogens with zero attached hydrogens (tertiary/aromatic N) is 3. The molecule has 0 saturated heterocycles. The topological polar surface area (TPSA) is 115 Å². The predicted molar refractivity (Wildman–Crippen MR) is 110 cm³/mol. The molecule has 150 valence electrons. The Morgan fingerprint density at radius 1 is 0.654 bits per heavy atom. The second-order valence-electron chi connectivity index (χ2n) is 6.76. The second kappa shape index (κ2) is 15.8. The second-order valence-corrected chi connectivity index (χ2v) is 6.76. The minimum Gasteiger partial charge on any atom is -0.354 e. The summed E-state index contributed by atoms with van der Waals surface area (Å²) in [5, 5.41) is 6.60. The quantitative estimate of drug-likeness (QED) is 0.314. The smallest absolute Gasteiger partial charge is 0.227 e. The van der Waals surface area contributed by atoms with Gasteiger partial charge in [0.2, 0.25) is 11.9 Å². The Hall–Kier alpha value is -1.47. The van der Waals surface area contributed by atoms with Gasteiger partial charge in [-0.2, -0.15) is 15.0 Å². The number of unbranched alkanes of at least 4 members (excludes halogenated alkanes) is 7. The molecule has 0 aliphatic carbocycles. The molecule has 0 bridgehead atoms. The number of anilines is 2. The molecule has 1 heterocycles. The molecule has 1 aromatic heterocycles. The Kier molecular flexibility index (Phi) is 13.7. The Balaban J connectivity index is 2.52. The van der Waals surface area contributed by atoms with E-state index < -0.39 is 0 Å². The summed E-state index contributed by atoms with van der Waals surface area (Å²) in [4.78, 5) is 13.7.